The molecule has 0 aromatic heterocycles. The molecule has 5 rings (SSSR count). The van der Waals surface area contributed by atoms with Gasteiger partial charge in [0.2, 0.25) is 5.91 Å². The first-order valence-corrected chi connectivity index (χ1v) is 14.0. The number of hydrogen-bond acceptors (Lipinski definition) is 6. The average molecular weight is 481 g/mol. The zero-order valence-corrected chi connectivity index (χ0v) is 21.2. The Morgan fingerprint density at radius 2 is 1.65 bits per heavy atom. The number of nitrogens with zero attached hydrogens (tertiary/aromatic N) is 1. The molecule has 4 aliphatic carbocycles. The number of nitrogens with one attached hydrogen (secondary N) is 1. The van der Waals surface area contributed by atoms with Crippen LogP contribution >= 0.6 is 0 Å². The molecule has 7 heteroatoms. The molecule has 1 saturated heterocycles. The van der Waals surface area contributed by atoms with Gasteiger partial charge in [-0.15, -0.1) is 0 Å². The van der Waals surface area contributed by atoms with Crippen LogP contribution in [0.5, 0.6) is 0 Å². The highest BCUT2D eigenvalue weighted by atomic mass is 16.5. The number of hydrogen-bond donors (Lipinski definition) is 4. The van der Waals surface area contributed by atoms with Crippen molar-refractivity contribution in [3.8, 4) is 0 Å². The van der Waals surface area contributed by atoms with E-state index in [2.05, 4.69) is 12.2 Å². The molecule has 0 radical (unpaired) electrons. The number of likely N-dealkylation sites (tertiary alicyclic amines) is 1. The Labute approximate surface area is 205 Å². The predicted octanol–water partition coefficient (Wildman–Crippen LogP) is 2.46. The molecular weight excluding hydrogens is 432 g/mol. The Balaban J connectivity index is 1.17. The van der Waals surface area contributed by atoms with Crippen molar-refractivity contribution in [2.24, 2.45) is 23.2 Å². The van der Waals surface area contributed by atoms with Crippen molar-refractivity contribution in [2.45, 2.75) is 108 Å². The largest absolute Gasteiger partial charge is 0.395 e. The second-order valence-electron chi connectivity index (χ2n) is 11.9. The molecule has 5 aliphatic rings. The fourth-order valence-corrected chi connectivity index (χ4v) is 7.96. The summed E-state index contributed by atoms with van der Waals surface area (Å²) in [6, 6.07) is -1.41. The first-order valence-electron chi connectivity index (χ1n) is 14.0. The maximum absolute atomic E-state index is 12.7. The van der Waals surface area contributed by atoms with Gasteiger partial charge in [0.05, 0.1) is 25.4 Å². The van der Waals surface area contributed by atoms with Crippen LogP contribution in [-0.2, 0) is 9.53 Å². The molecule has 5 fully saturated rings. The molecule has 4 atom stereocenters. The molecule has 4 saturated carbocycles. The third-order valence-corrected chi connectivity index (χ3v) is 9.16. The molecule has 0 aromatic rings. The Morgan fingerprint density at radius 1 is 0.971 bits per heavy atom. The number of ether oxygens (including phenoxy) is 1. The van der Waals surface area contributed by atoms with E-state index in [-0.39, 0.29) is 12.5 Å². The van der Waals surface area contributed by atoms with Crippen molar-refractivity contribution in [3.63, 3.8) is 0 Å². The Hall–Kier alpha value is -0.730. The summed E-state index contributed by atoms with van der Waals surface area (Å²) in [4.78, 5) is 14.6. The minimum absolute atomic E-state index is 0.252. The van der Waals surface area contributed by atoms with E-state index in [4.69, 9.17) is 4.74 Å². The molecule has 4 N–H and O–H groups in total. The summed E-state index contributed by atoms with van der Waals surface area (Å²) in [6.07, 6.45) is 12.0. The number of rotatable bonds is 14. The number of aliphatic hydroxyl groups is 3. The standard InChI is InChI=1S/C27H48N2O5/c1-2-3-5-8-28-26(33)23-25(32)24(31)22(17-30)29(23)9-6-4-7-10-34-18-27-14-19-11-20(15-27)13-21(12-19)16-27/h19-25,30-32H,2-18H2,1H3,(H,28,33)/t19?,20?,21?,22-,23+,24+,25-,27?/m1/s1. The van der Waals surface area contributed by atoms with E-state index in [0.29, 0.717) is 18.5 Å². The summed E-state index contributed by atoms with van der Waals surface area (Å²) >= 11 is 0. The number of amides is 1. The number of carbonyl (C=O) groups is 1. The van der Waals surface area contributed by atoms with Gasteiger partial charge >= 0.3 is 0 Å². The van der Waals surface area contributed by atoms with E-state index in [1.165, 1.54) is 38.5 Å². The van der Waals surface area contributed by atoms with E-state index < -0.39 is 24.3 Å². The predicted molar refractivity (Wildman–Crippen MR) is 131 cm³/mol. The topological polar surface area (TPSA) is 102 Å². The van der Waals surface area contributed by atoms with Gasteiger partial charge in [-0.3, -0.25) is 9.69 Å². The van der Waals surface area contributed by atoms with Gasteiger partial charge in [0, 0.05) is 13.2 Å². The monoisotopic (exact) mass is 480 g/mol. The molecule has 1 aliphatic heterocycles. The first kappa shape index (κ1) is 26.3. The molecule has 4 bridgehead atoms. The molecule has 0 unspecified atom stereocenters. The van der Waals surface area contributed by atoms with E-state index in [0.717, 1.165) is 69.5 Å². The van der Waals surface area contributed by atoms with Gasteiger partial charge in [-0.05, 0) is 93.9 Å². The number of aliphatic hydroxyl groups excluding tert-OH is 3. The van der Waals surface area contributed by atoms with Crippen molar-refractivity contribution in [1.29, 1.82) is 0 Å². The Morgan fingerprint density at radius 3 is 2.26 bits per heavy atom. The van der Waals surface area contributed by atoms with Crippen LogP contribution in [0.3, 0.4) is 0 Å². The highest BCUT2D eigenvalue weighted by molar-refractivity contribution is 5.83. The van der Waals surface area contributed by atoms with Crippen LogP contribution in [0.25, 0.3) is 0 Å². The molecular formula is C27H48N2O5. The summed E-state index contributed by atoms with van der Waals surface area (Å²) in [6.45, 7) is 4.68. The van der Waals surface area contributed by atoms with Crippen molar-refractivity contribution in [3.05, 3.63) is 0 Å². The summed E-state index contributed by atoms with van der Waals surface area (Å²) in [5.74, 6) is 2.62. The molecule has 34 heavy (non-hydrogen) atoms. The van der Waals surface area contributed by atoms with Gasteiger partial charge in [-0.25, -0.2) is 0 Å². The molecule has 0 spiro atoms. The van der Waals surface area contributed by atoms with Crippen molar-refractivity contribution >= 4 is 5.91 Å². The van der Waals surface area contributed by atoms with Gasteiger partial charge in [0.15, 0.2) is 0 Å². The summed E-state index contributed by atoms with van der Waals surface area (Å²) in [5.41, 5.74) is 0.461. The number of unbranched alkanes of at least 4 members (excludes halogenated alkanes) is 4. The van der Waals surface area contributed by atoms with E-state index in [1.807, 2.05) is 0 Å². The second-order valence-corrected chi connectivity index (χ2v) is 11.9. The smallest absolute Gasteiger partial charge is 0.240 e. The highest BCUT2D eigenvalue weighted by Gasteiger charge is 2.51. The first-order chi connectivity index (χ1) is 16.5. The van der Waals surface area contributed by atoms with Crippen molar-refractivity contribution in [2.75, 3.05) is 32.9 Å². The van der Waals surface area contributed by atoms with Gasteiger partial charge in [0.25, 0.3) is 0 Å². The lowest BCUT2D eigenvalue weighted by Crippen LogP contribution is -2.50. The van der Waals surface area contributed by atoms with Crippen LogP contribution in [0.4, 0.5) is 0 Å². The van der Waals surface area contributed by atoms with Gasteiger partial charge in [-0.2, -0.15) is 0 Å². The lowest BCUT2D eigenvalue weighted by Gasteiger charge is -2.56. The molecule has 1 amide bonds. The van der Waals surface area contributed by atoms with Crippen LogP contribution in [-0.4, -0.2) is 83.3 Å². The molecule has 7 nitrogen and oxygen atoms in total. The van der Waals surface area contributed by atoms with Crippen LogP contribution in [0.1, 0.15) is 84.0 Å². The highest BCUT2D eigenvalue weighted by Crippen LogP contribution is 2.60. The fraction of sp³-hybridized carbons (Fsp3) is 0.963. The fourth-order valence-electron chi connectivity index (χ4n) is 7.96. The minimum atomic E-state index is -1.17. The van der Waals surface area contributed by atoms with Crippen LogP contribution in [0, 0.1) is 23.2 Å². The van der Waals surface area contributed by atoms with E-state index in [9.17, 15) is 20.1 Å². The summed E-state index contributed by atoms with van der Waals surface area (Å²) < 4.78 is 6.19. The average Bonchev–Trinajstić information content (AvgIpc) is 3.04. The Bertz CT molecular complexity index is 624. The van der Waals surface area contributed by atoms with Crippen LogP contribution in [0.15, 0.2) is 0 Å². The summed E-state index contributed by atoms with van der Waals surface area (Å²) in [5, 5.41) is 33.6. The Kier molecular flexibility index (Phi) is 9.30. The third-order valence-electron chi connectivity index (χ3n) is 9.16. The van der Waals surface area contributed by atoms with Gasteiger partial charge < -0.3 is 25.4 Å². The quantitative estimate of drug-likeness (QED) is 0.285. The molecule has 1 heterocycles. The van der Waals surface area contributed by atoms with Gasteiger partial charge in [0.1, 0.15) is 12.1 Å². The van der Waals surface area contributed by atoms with E-state index in [1.54, 1.807) is 4.90 Å². The van der Waals surface area contributed by atoms with Crippen molar-refractivity contribution < 1.29 is 24.9 Å². The molecule has 196 valence electrons. The third kappa shape index (κ3) is 5.97. The lowest BCUT2D eigenvalue weighted by atomic mass is 9.50. The van der Waals surface area contributed by atoms with Gasteiger partial charge in [-0.1, -0.05) is 19.8 Å². The second kappa shape index (κ2) is 12.0. The number of carbonyl (C=O) groups excluding carboxylic acids is 1. The van der Waals surface area contributed by atoms with Crippen LogP contribution in [0.2, 0.25) is 0 Å². The summed E-state index contributed by atoms with van der Waals surface area (Å²) in [7, 11) is 0. The maximum Gasteiger partial charge on any atom is 0.240 e. The van der Waals surface area contributed by atoms with E-state index >= 15 is 0 Å². The maximum atomic E-state index is 12.7. The lowest BCUT2D eigenvalue weighted by molar-refractivity contribution is -0.129. The normalized spacial score (nSPS) is 39.1. The molecule has 0 aromatic carbocycles. The SMILES string of the molecule is CCCCCNC(=O)[C@@H]1[C@@H](O)[C@@H](O)[C@@H](CO)N1CCCCCOCC12CC3CC(CC(C3)C1)C2. The van der Waals surface area contributed by atoms with Crippen LogP contribution < -0.4 is 5.32 Å². The zero-order valence-electron chi connectivity index (χ0n) is 21.2. The van der Waals surface area contributed by atoms with Crippen molar-refractivity contribution in [1.82, 2.24) is 10.2 Å². The minimum Gasteiger partial charge on any atom is -0.395 e. The zero-order chi connectivity index (χ0) is 24.1.